The van der Waals surface area contributed by atoms with Gasteiger partial charge in [0.05, 0.1) is 24.0 Å². The van der Waals surface area contributed by atoms with E-state index in [0.717, 1.165) is 31.5 Å². The van der Waals surface area contributed by atoms with Gasteiger partial charge in [-0.15, -0.1) is 0 Å². The third-order valence-corrected chi connectivity index (χ3v) is 5.77. The highest BCUT2D eigenvalue weighted by Crippen LogP contribution is 2.28. The molecule has 0 aliphatic carbocycles. The summed E-state index contributed by atoms with van der Waals surface area (Å²) in [5.74, 6) is 1.94. The van der Waals surface area contributed by atoms with Gasteiger partial charge in [0, 0.05) is 0 Å². The molecule has 1 fully saturated rings. The fraction of sp³-hybridized carbons (Fsp3) is 0.733. The lowest BCUT2D eigenvalue weighted by Crippen LogP contribution is -2.32. The van der Waals surface area contributed by atoms with Crippen molar-refractivity contribution in [2.24, 2.45) is 17.8 Å². The van der Waals surface area contributed by atoms with Gasteiger partial charge in [0.25, 0.3) is 0 Å². The van der Waals surface area contributed by atoms with E-state index >= 15 is 0 Å². The fourth-order valence-electron chi connectivity index (χ4n) is 2.87. The SMILES string of the molecule is CC(C)CNCC(Cc1ccoc1)C1CCS(=O)(=O)C1. The monoisotopic (exact) mass is 299 g/mol. The normalized spacial score (nSPS) is 23.2. The lowest BCUT2D eigenvalue weighted by atomic mass is 9.87. The molecule has 1 aliphatic rings. The standard InChI is InChI=1S/C15H25NO3S/c1-12(2)8-16-9-15(7-13-3-5-19-10-13)14-4-6-20(17,18)11-14/h3,5,10,12,14-16H,4,6-9,11H2,1-2H3. The molecule has 2 atom stereocenters. The van der Waals surface area contributed by atoms with E-state index in [0.29, 0.717) is 23.3 Å². The Bertz CT molecular complexity index is 493. The van der Waals surface area contributed by atoms with Crippen molar-refractivity contribution in [3.63, 3.8) is 0 Å². The number of sulfone groups is 1. The Balaban J connectivity index is 1.96. The summed E-state index contributed by atoms with van der Waals surface area (Å²) in [6.07, 6.45) is 5.13. The van der Waals surface area contributed by atoms with Crippen LogP contribution in [0.15, 0.2) is 23.0 Å². The highest BCUT2D eigenvalue weighted by molar-refractivity contribution is 7.91. The van der Waals surface area contributed by atoms with Gasteiger partial charge in [-0.05, 0) is 55.3 Å². The second-order valence-electron chi connectivity index (χ2n) is 6.31. The quantitative estimate of drug-likeness (QED) is 0.838. The van der Waals surface area contributed by atoms with Gasteiger partial charge in [0.1, 0.15) is 0 Å². The molecular weight excluding hydrogens is 274 g/mol. The van der Waals surface area contributed by atoms with Crippen molar-refractivity contribution in [1.29, 1.82) is 0 Å². The summed E-state index contributed by atoms with van der Waals surface area (Å²) in [4.78, 5) is 0. The minimum Gasteiger partial charge on any atom is -0.472 e. The maximum absolute atomic E-state index is 11.7. The van der Waals surface area contributed by atoms with E-state index in [-0.39, 0.29) is 5.92 Å². The fourth-order valence-corrected chi connectivity index (χ4v) is 4.79. The number of furan rings is 1. The first-order valence-corrected chi connectivity index (χ1v) is 9.20. The first-order chi connectivity index (χ1) is 9.46. The van der Waals surface area contributed by atoms with Crippen molar-refractivity contribution in [2.75, 3.05) is 24.6 Å². The minimum atomic E-state index is -2.81. The van der Waals surface area contributed by atoms with Crippen LogP contribution in [0.25, 0.3) is 0 Å². The van der Waals surface area contributed by atoms with Crippen LogP contribution in [0.2, 0.25) is 0 Å². The van der Waals surface area contributed by atoms with Crippen molar-refractivity contribution in [3.8, 4) is 0 Å². The molecule has 0 aromatic carbocycles. The van der Waals surface area contributed by atoms with E-state index in [1.54, 1.807) is 12.5 Å². The smallest absolute Gasteiger partial charge is 0.150 e. The Morgan fingerprint density at radius 1 is 1.40 bits per heavy atom. The molecule has 0 amide bonds. The first-order valence-electron chi connectivity index (χ1n) is 7.38. The molecule has 1 aliphatic heterocycles. The van der Waals surface area contributed by atoms with Gasteiger partial charge in [-0.25, -0.2) is 8.42 Å². The molecule has 1 saturated heterocycles. The van der Waals surface area contributed by atoms with Gasteiger partial charge in [-0.1, -0.05) is 13.8 Å². The second-order valence-corrected chi connectivity index (χ2v) is 8.54. The number of nitrogens with one attached hydrogen (secondary N) is 1. The van der Waals surface area contributed by atoms with Crippen molar-refractivity contribution in [2.45, 2.75) is 26.7 Å². The third-order valence-electron chi connectivity index (χ3n) is 3.97. The van der Waals surface area contributed by atoms with Crippen LogP contribution in [-0.4, -0.2) is 33.0 Å². The Kier molecular flexibility index (Phi) is 5.27. The van der Waals surface area contributed by atoms with Crippen LogP contribution < -0.4 is 5.32 Å². The molecule has 1 aromatic rings. The Labute approximate surface area is 121 Å². The highest BCUT2D eigenvalue weighted by atomic mass is 32.2. The first kappa shape index (κ1) is 15.6. The Morgan fingerprint density at radius 2 is 2.20 bits per heavy atom. The predicted molar refractivity (Wildman–Crippen MR) is 80.4 cm³/mol. The van der Waals surface area contributed by atoms with Crippen LogP contribution in [0.5, 0.6) is 0 Å². The van der Waals surface area contributed by atoms with Gasteiger partial charge in [0.15, 0.2) is 9.84 Å². The van der Waals surface area contributed by atoms with E-state index < -0.39 is 9.84 Å². The summed E-state index contributed by atoms with van der Waals surface area (Å²) in [7, 11) is -2.81. The van der Waals surface area contributed by atoms with Crippen molar-refractivity contribution >= 4 is 9.84 Å². The Morgan fingerprint density at radius 3 is 2.75 bits per heavy atom. The molecule has 2 rings (SSSR count). The number of rotatable bonds is 7. The van der Waals surface area contributed by atoms with Gasteiger partial charge in [-0.2, -0.15) is 0 Å². The number of hydrogen-bond donors (Lipinski definition) is 1. The molecule has 0 bridgehead atoms. The second kappa shape index (κ2) is 6.76. The summed E-state index contributed by atoms with van der Waals surface area (Å²) in [5.41, 5.74) is 1.16. The Hall–Kier alpha value is -0.810. The molecule has 0 radical (unpaired) electrons. The molecule has 0 saturated carbocycles. The molecule has 2 heterocycles. The summed E-state index contributed by atoms with van der Waals surface area (Å²) in [5, 5.41) is 3.48. The molecule has 1 aromatic heterocycles. The molecule has 5 heteroatoms. The highest BCUT2D eigenvalue weighted by Gasteiger charge is 2.33. The van der Waals surface area contributed by atoms with E-state index in [1.165, 1.54) is 0 Å². The van der Waals surface area contributed by atoms with E-state index in [9.17, 15) is 8.42 Å². The molecule has 0 spiro atoms. The van der Waals surface area contributed by atoms with Crippen molar-refractivity contribution in [1.82, 2.24) is 5.32 Å². The topological polar surface area (TPSA) is 59.3 Å². The maximum atomic E-state index is 11.7. The summed E-state index contributed by atoms with van der Waals surface area (Å²) in [6.45, 7) is 6.21. The average molecular weight is 299 g/mol. The molecule has 20 heavy (non-hydrogen) atoms. The zero-order valence-electron chi connectivity index (χ0n) is 12.3. The molecule has 114 valence electrons. The molecular formula is C15H25NO3S. The largest absolute Gasteiger partial charge is 0.472 e. The van der Waals surface area contributed by atoms with Gasteiger partial charge in [-0.3, -0.25) is 0 Å². The van der Waals surface area contributed by atoms with Crippen LogP contribution in [0.3, 0.4) is 0 Å². The minimum absolute atomic E-state index is 0.273. The number of hydrogen-bond acceptors (Lipinski definition) is 4. The van der Waals surface area contributed by atoms with Crippen LogP contribution in [0.4, 0.5) is 0 Å². The summed E-state index contributed by atoms with van der Waals surface area (Å²) >= 11 is 0. The van der Waals surface area contributed by atoms with E-state index in [2.05, 4.69) is 19.2 Å². The lowest BCUT2D eigenvalue weighted by Gasteiger charge is -2.23. The summed E-state index contributed by atoms with van der Waals surface area (Å²) in [6, 6.07) is 1.97. The lowest BCUT2D eigenvalue weighted by molar-refractivity contribution is 0.336. The van der Waals surface area contributed by atoms with Gasteiger partial charge < -0.3 is 9.73 Å². The molecule has 4 nitrogen and oxygen atoms in total. The van der Waals surface area contributed by atoms with Crippen molar-refractivity contribution < 1.29 is 12.8 Å². The average Bonchev–Trinajstić information content (AvgIpc) is 2.97. The van der Waals surface area contributed by atoms with Crippen molar-refractivity contribution in [3.05, 3.63) is 24.2 Å². The van der Waals surface area contributed by atoms with Crippen LogP contribution in [0.1, 0.15) is 25.8 Å². The molecule has 1 N–H and O–H groups in total. The van der Waals surface area contributed by atoms with E-state index in [4.69, 9.17) is 4.42 Å². The van der Waals surface area contributed by atoms with Crippen LogP contribution in [0, 0.1) is 17.8 Å². The summed E-state index contributed by atoms with van der Waals surface area (Å²) < 4.78 is 28.5. The maximum Gasteiger partial charge on any atom is 0.150 e. The molecule has 2 unspecified atom stereocenters. The van der Waals surface area contributed by atoms with Crippen LogP contribution >= 0.6 is 0 Å². The zero-order chi connectivity index (χ0) is 14.6. The zero-order valence-corrected chi connectivity index (χ0v) is 13.2. The predicted octanol–water partition coefficient (Wildman–Crippen LogP) is 2.12. The third kappa shape index (κ3) is 4.63. The van der Waals surface area contributed by atoms with Gasteiger partial charge in [0.2, 0.25) is 0 Å². The van der Waals surface area contributed by atoms with E-state index in [1.807, 2.05) is 6.07 Å². The van der Waals surface area contributed by atoms with Gasteiger partial charge >= 0.3 is 0 Å². The van der Waals surface area contributed by atoms with Crippen LogP contribution in [-0.2, 0) is 16.3 Å².